The Balaban J connectivity index is 1.22. The summed E-state index contributed by atoms with van der Waals surface area (Å²) in [5.41, 5.74) is 1.48. The van der Waals surface area contributed by atoms with Crippen molar-refractivity contribution in [1.29, 1.82) is 0 Å². The molecule has 144 valence electrons. The Morgan fingerprint density at radius 2 is 1.92 bits per heavy atom. The number of hydrogen-bond acceptors (Lipinski definition) is 3. The van der Waals surface area contributed by atoms with Crippen LogP contribution in [-0.4, -0.2) is 50.1 Å². The lowest BCUT2D eigenvalue weighted by Gasteiger charge is -2.32. The lowest BCUT2D eigenvalue weighted by Crippen LogP contribution is -2.41. The molecule has 1 aromatic rings. The number of carbonyl (C=O) groups excluding carboxylic acids is 1. The van der Waals surface area contributed by atoms with Crippen LogP contribution in [0.2, 0.25) is 0 Å². The summed E-state index contributed by atoms with van der Waals surface area (Å²) in [5, 5.41) is 6.44. The highest BCUT2D eigenvalue weighted by molar-refractivity contribution is 5.78. The first-order chi connectivity index (χ1) is 12.8. The molecular weight excluding hydrogens is 322 g/mol. The average molecular weight is 358 g/mol. The van der Waals surface area contributed by atoms with E-state index in [0.717, 1.165) is 44.8 Å². The van der Waals surface area contributed by atoms with Crippen molar-refractivity contribution < 1.29 is 4.79 Å². The van der Waals surface area contributed by atoms with E-state index in [1.807, 2.05) is 0 Å². The van der Waals surface area contributed by atoms with Crippen LogP contribution in [0.3, 0.4) is 0 Å². The zero-order valence-corrected chi connectivity index (χ0v) is 16.1. The van der Waals surface area contributed by atoms with Crippen molar-refractivity contribution in [3.8, 4) is 0 Å². The summed E-state index contributed by atoms with van der Waals surface area (Å²) >= 11 is 0. The molecule has 26 heavy (non-hydrogen) atoms. The second-order valence-corrected chi connectivity index (χ2v) is 8.02. The van der Waals surface area contributed by atoms with Crippen LogP contribution in [0.5, 0.6) is 0 Å². The molecule has 1 unspecified atom stereocenters. The molecule has 0 saturated carbocycles. The predicted octanol–water partition coefficient (Wildman–Crippen LogP) is 2.84. The maximum Gasteiger partial charge on any atom is 0.224 e. The zero-order valence-electron chi connectivity index (χ0n) is 16.1. The molecule has 2 aliphatic heterocycles. The maximum atomic E-state index is 12.1. The van der Waals surface area contributed by atoms with E-state index in [4.69, 9.17) is 0 Å². The molecule has 0 bridgehead atoms. The van der Waals surface area contributed by atoms with Crippen molar-refractivity contribution in [2.75, 3.05) is 39.3 Å². The fourth-order valence-corrected chi connectivity index (χ4v) is 4.25. The first-order valence-electron chi connectivity index (χ1n) is 10.6. The van der Waals surface area contributed by atoms with Crippen molar-refractivity contribution in [3.63, 3.8) is 0 Å². The number of benzene rings is 1. The highest BCUT2D eigenvalue weighted by Gasteiger charge is 2.21. The first-order valence-corrected chi connectivity index (χ1v) is 10.6. The van der Waals surface area contributed by atoms with E-state index in [1.165, 1.54) is 50.9 Å². The van der Waals surface area contributed by atoms with Crippen LogP contribution in [0.1, 0.15) is 44.1 Å². The molecule has 4 nitrogen and oxygen atoms in total. The van der Waals surface area contributed by atoms with Gasteiger partial charge in [-0.1, -0.05) is 30.3 Å². The minimum Gasteiger partial charge on any atom is -0.356 e. The number of nitrogens with zero attached hydrogens (tertiary/aromatic N) is 1. The second kappa shape index (κ2) is 10.7. The Morgan fingerprint density at radius 1 is 1.12 bits per heavy atom. The molecule has 3 rings (SSSR count). The van der Waals surface area contributed by atoms with Crippen molar-refractivity contribution in [2.24, 2.45) is 11.8 Å². The molecule has 1 amide bonds. The quantitative estimate of drug-likeness (QED) is 0.703. The van der Waals surface area contributed by atoms with Crippen molar-refractivity contribution in [2.45, 2.75) is 44.9 Å². The van der Waals surface area contributed by atoms with Crippen molar-refractivity contribution >= 4 is 5.91 Å². The van der Waals surface area contributed by atoms with Gasteiger partial charge in [-0.15, -0.1) is 0 Å². The molecule has 0 aliphatic carbocycles. The van der Waals surface area contributed by atoms with Gasteiger partial charge >= 0.3 is 0 Å². The Labute approximate surface area is 158 Å². The van der Waals surface area contributed by atoms with Gasteiger partial charge in [0.1, 0.15) is 0 Å². The molecule has 1 aromatic carbocycles. The molecular formula is C22H35N3O. The standard InChI is InChI=1S/C22H35N3O/c26-22(21-9-6-12-23-18-21)24-13-4-5-14-25-15-10-20(11-16-25)17-19-7-2-1-3-8-19/h1-3,7-8,20-21,23H,4-6,9-18H2,(H,24,26). The lowest BCUT2D eigenvalue weighted by atomic mass is 9.90. The molecule has 2 heterocycles. The van der Waals surface area contributed by atoms with Crippen LogP contribution in [0, 0.1) is 11.8 Å². The third-order valence-corrected chi connectivity index (χ3v) is 5.94. The third-order valence-electron chi connectivity index (χ3n) is 5.94. The molecule has 0 radical (unpaired) electrons. The zero-order chi connectivity index (χ0) is 18.0. The number of unbranched alkanes of at least 4 members (excludes halogenated alkanes) is 1. The minimum absolute atomic E-state index is 0.187. The number of nitrogens with one attached hydrogen (secondary N) is 2. The summed E-state index contributed by atoms with van der Waals surface area (Å²) in [5.74, 6) is 1.28. The summed E-state index contributed by atoms with van der Waals surface area (Å²) < 4.78 is 0. The molecule has 1 atom stereocenters. The van der Waals surface area contributed by atoms with Gasteiger partial charge in [0.25, 0.3) is 0 Å². The smallest absolute Gasteiger partial charge is 0.224 e. The number of amides is 1. The number of rotatable bonds is 8. The molecule has 2 N–H and O–H groups in total. The van der Waals surface area contributed by atoms with E-state index < -0.39 is 0 Å². The van der Waals surface area contributed by atoms with Gasteiger partial charge in [-0.25, -0.2) is 0 Å². The van der Waals surface area contributed by atoms with Crippen molar-refractivity contribution in [1.82, 2.24) is 15.5 Å². The van der Waals surface area contributed by atoms with Gasteiger partial charge in [0.05, 0.1) is 5.92 Å². The van der Waals surface area contributed by atoms with Crippen LogP contribution in [0.4, 0.5) is 0 Å². The number of piperidine rings is 2. The van der Waals surface area contributed by atoms with E-state index in [1.54, 1.807) is 0 Å². The molecule has 2 saturated heterocycles. The van der Waals surface area contributed by atoms with Gasteiger partial charge in [0, 0.05) is 13.1 Å². The predicted molar refractivity (Wildman–Crippen MR) is 107 cm³/mol. The van der Waals surface area contributed by atoms with Crippen molar-refractivity contribution in [3.05, 3.63) is 35.9 Å². The van der Waals surface area contributed by atoms with Gasteiger partial charge in [-0.2, -0.15) is 0 Å². The first kappa shape index (κ1) is 19.4. The van der Waals surface area contributed by atoms with Crippen LogP contribution in [-0.2, 0) is 11.2 Å². The number of carbonyl (C=O) groups is 1. The van der Waals surface area contributed by atoms with Gasteiger partial charge in [0.2, 0.25) is 5.91 Å². The lowest BCUT2D eigenvalue weighted by molar-refractivity contribution is -0.125. The summed E-state index contributed by atoms with van der Waals surface area (Å²) in [6.07, 6.45) is 8.31. The van der Waals surface area contributed by atoms with Crippen LogP contribution in [0.15, 0.2) is 30.3 Å². The Bertz CT molecular complexity index is 519. The fourth-order valence-electron chi connectivity index (χ4n) is 4.25. The summed E-state index contributed by atoms with van der Waals surface area (Å²) in [6.45, 7) is 6.39. The number of likely N-dealkylation sites (tertiary alicyclic amines) is 1. The number of hydrogen-bond donors (Lipinski definition) is 2. The normalized spacial score (nSPS) is 22.2. The Kier molecular flexibility index (Phi) is 7.96. The fraction of sp³-hybridized carbons (Fsp3) is 0.682. The van der Waals surface area contributed by atoms with Gasteiger partial charge in [-0.3, -0.25) is 4.79 Å². The van der Waals surface area contributed by atoms with E-state index in [0.29, 0.717) is 0 Å². The highest BCUT2D eigenvalue weighted by Crippen LogP contribution is 2.21. The third kappa shape index (κ3) is 6.40. The monoisotopic (exact) mass is 357 g/mol. The van der Waals surface area contributed by atoms with Gasteiger partial charge in [0.15, 0.2) is 0 Å². The molecule has 2 aliphatic rings. The molecule has 0 spiro atoms. The summed E-state index contributed by atoms with van der Waals surface area (Å²) in [6, 6.07) is 10.9. The second-order valence-electron chi connectivity index (χ2n) is 8.02. The molecule has 2 fully saturated rings. The van der Waals surface area contributed by atoms with E-state index in [2.05, 4.69) is 45.9 Å². The Hall–Kier alpha value is -1.39. The van der Waals surface area contributed by atoms with Gasteiger partial charge < -0.3 is 15.5 Å². The van der Waals surface area contributed by atoms with Crippen LogP contribution < -0.4 is 10.6 Å². The average Bonchev–Trinajstić information content (AvgIpc) is 2.70. The highest BCUT2D eigenvalue weighted by atomic mass is 16.1. The van der Waals surface area contributed by atoms with Crippen LogP contribution in [0.25, 0.3) is 0 Å². The van der Waals surface area contributed by atoms with E-state index in [-0.39, 0.29) is 11.8 Å². The van der Waals surface area contributed by atoms with Crippen LogP contribution >= 0.6 is 0 Å². The maximum absolute atomic E-state index is 12.1. The van der Waals surface area contributed by atoms with E-state index >= 15 is 0 Å². The summed E-state index contributed by atoms with van der Waals surface area (Å²) in [4.78, 5) is 14.7. The summed E-state index contributed by atoms with van der Waals surface area (Å²) in [7, 11) is 0. The Morgan fingerprint density at radius 3 is 2.65 bits per heavy atom. The topological polar surface area (TPSA) is 44.4 Å². The van der Waals surface area contributed by atoms with Gasteiger partial charge in [-0.05, 0) is 82.6 Å². The van der Waals surface area contributed by atoms with E-state index in [9.17, 15) is 4.79 Å². The minimum atomic E-state index is 0.187. The molecule has 4 heteroatoms. The SMILES string of the molecule is O=C(NCCCCN1CCC(Cc2ccccc2)CC1)C1CCCNC1. The molecule has 0 aromatic heterocycles. The largest absolute Gasteiger partial charge is 0.356 e.